The summed E-state index contributed by atoms with van der Waals surface area (Å²) in [5, 5.41) is 20.8. The van der Waals surface area contributed by atoms with Gasteiger partial charge in [-0.25, -0.2) is 19.2 Å². The number of carbonyl (C=O) groups is 2. The molecule has 1 unspecified atom stereocenters. The summed E-state index contributed by atoms with van der Waals surface area (Å²) < 4.78 is 14.8. The minimum absolute atomic E-state index is 0.148. The SMILES string of the molecule is O=C(CC(O)C(=O)O)Nc1ccc(-c2nc3ccc(C4(c5ccccc5)C=C4)nc3s2)c(F)c1. The van der Waals surface area contributed by atoms with Crippen LogP contribution < -0.4 is 5.32 Å². The maximum atomic E-state index is 14.8. The lowest BCUT2D eigenvalue weighted by Crippen LogP contribution is -2.26. The maximum Gasteiger partial charge on any atom is 0.333 e. The van der Waals surface area contributed by atoms with E-state index >= 15 is 0 Å². The Bertz CT molecular complexity index is 1450. The van der Waals surface area contributed by atoms with Crippen LogP contribution in [0, 0.1) is 5.82 Å². The van der Waals surface area contributed by atoms with E-state index in [-0.39, 0.29) is 16.7 Å². The van der Waals surface area contributed by atoms with Crippen molar-refractivity contribution >= 4 is 39.2 Å². The van der Waals surface area contributed by atoms with E-state index < -0.39 is 30.2 Å². The van der Waals surface area contributed by atoms with E-state index in [9.17, 15) is 19.1 Å². The average Bonchev–Trinajstić information content (AvgIpc) is 3.52. The summed E-state index contributed by atoms with van der Waals surface area (Å²) in [4.78, 5) is 32.5. The number of fused-ring (bicyclic) bond motifs is 1. The largest absolute Gasteiger partial charge is 0.479 e. The number of hydrogen-bond acceptors (Lipinski definition) is 6. The summed E-state index contributed by atoms with van der Waals surface area (Å²) in [6.45, 7) is 0. The Kier molecular flexibility index (Phi) is 5.43. The Hall–Kier alpha value is -3.95. The van der Waals surface area contributed by atoms with Gasteiger partial charge in [-0.15, -0.1) is 0 Å². The summed E-state index contributed by atoms with van der Waals surface area (Å²) in [7, 11) is 0. The zero-order valence-corrected chi connectivity index (χ0v) is 18.4. The number of allylic oxidation sites excluding steroid dienone is 2. The first-order chi connectivity index (χ1) is 16.4. The summed E-state index contributed by atoms with van der Waals surface area (Å²) in [5.74, 6) is -2.84. The van der Waals surface area contributed by atoms with Crippen LogP contribution in [0.1, 0.15) is 17.7 Å². The third kappa shape index (κ3) is 4.07. The van der Waals surface area contributed by atoms with Crippen molar-refractivity contribution in [3.63, 3.8) is 0 Å². The summed E-state index contributed by atoms with van der Waals surface area (Å²) in [5.41, 5.74) is 2.76. The molecule has 170 valence electrons. The lowest BCUT2D eigenvalue weighted by Gasteiger charge is -2.15. The molecule has 2 aromatic carbocycles. The molecule has 1 aliphatic carbocycles. The highest BCUT2D eigenvalue weighted by Gasteiger charge is 2.39. The predicted molar refractivity (Wildman–Crippen MR) is 126 cm³/mol. The molecule has 9 heteroatoms. The molecular weight excluding hydrogens is 457 g/mol. The number of nitrogens with one attached hydrogen (secondary N) is 1. The van der Waals surface area contributed by atoms with Crippen LogP contribution in [0.25, 0.3) is 20.9 Å². The number of thiazole rings is 1. The number of benzene rings is 2. The number of carboxylic acids is 1. The molecule has 4 aromatic rings. The second-order valence-electron chi connectivity index (χ2n) is 7.91. The van der Waals surface area contributed by atoms with Crippen LogP contribution in [0.5, 0.6) is 0 Å². The zero-order valence-electron chi connectivity index (χ0n) is 17.6. The number of pyridine rings is 1. The van der Waals surface area contributed by atoms with Crippen LogP contribution in [-0.4, -0.2) is 38.2 Å². The summed E-state index contributed by atoms with van der Waals surface area (Å²) >= 11 is 1.27. The Balaban J connectivity index is 1.38. The van der Waals surface area contributed by atoms with Crippen LogP contribution in [0.15, 0.2) is 72.8 Å². The van der Waals surface area contributed by atoms with Crippen LogP contribution in [0.2, 0.25) is 0 Å². The molecule has 5 rings (SSSR count). The quantitative estimate of drug-likeness (QED) is 0.347. The van der Waals surface area contributed by atoms with Gasteiger partial charge < -0.3 is 15.5 Å². The molecule has 2 heterocycles. The molecule has 0 saturated heterocycles. The number of rotatable bonds is 7. The molecule has 0 bridgehead atoms. The first-order valence-corrected chi connectivity index (χ1v) is 11.2. The minimum Gasteiger partial charge on any atom is -0.479 e. The van der Waals surface area contributed by atoms with Crippen LogP contribution in [0.3, 0.4) is 0 Å². The standard InChI is InChI=1S/C25H18FN3O4S/c26-17-12-15(27-21(31)13-19(30)24(32)33)6-7-16(17)22-28-18-8-9-20(29-23(18)34-22)25(10-11-25)14-4-2-1-3-5-14/h1-12,19,30H,13H2,(H,27,31)(H,32,33). The number of aliphatic carboxylic acids is 1. The molecule has 0 fully saturated rings. The molecule has 2 aromatic heterocycles. The number of aliphatic hydroxyl groups excluding tert-OH is 1. The number of aliphatic hydroxyl groups is 1. The smallest absolute Gasteiger partial charge is 0.333 e. The van der Waals surface area contributed by atoms with Crippen molar-refractivity contribution in [2.75, 3.05) is 5.32 Å². The number of anilines is 1. The lowest BCUT2D eigenvalue weighted by atomic mass is 9.89. The van der Waals surface area contributed by atoms with Gasteiger partial charge in [-0.2, -0.15) is 0 Å². The Morgan fingerprint density at radius 1 is 1.06 bits per heavy atom. The van der Waals surface area contributed by atoms with Crippen LogP contribution >= 0.6 is 11.3 Å². The lowest BCUT2D eigenvalue weighted by molar-refractivity contribution is -0.148. The first kappa shape index (κ1) is 21.9. The molecule has 3 N–H and O–H groups in total. The monoisotopic (exact) mass is 475 g/mol. The van der Waals surface area contributed by atoms with Crippen LogP contribution in [0.4, 0.5) is 10.1 Å². The molecular formula is C25H18FN3O4S. The number of carbonyl (C=O) groups excluding carboxylic acids is 1. The summed E-state index contributed by atoms with van der Waals surface area (Å²) in [6, 6.07) is 18.0. The van der Waals surface area contributed by atoms with Crippen molar-refractivity contribution < 1.29 is 24.2 Å². The molecule has 1 amide bonds. The Morgan fingerprint density at radius 3 is 2.50 bits per heavy atom. The van der Waals surface area contributed by atoms with E-state index in [1.165, 1.54) is 23.5 Å². The van der Waals surface area contributed by atoms with Gasteiger partial charge in [0.15, 0.2) is 6.10 Å². The molecule has 1 atom stereocenters. The van der Waals surface area contributed by atoms with Crippen molar-refractivity contribution in [2.24, 2.45) is 0 Å². The van der Waals surface area contributed by atoms with E-state index in [0.717, 1.165) is 17.3 Å². The van der Waals surface area contributed by atoms with Crippen molar-refractivity contribution in [2.45, 2.75) is 17.9 Å². The molecule has 0 radical (unpaired) electrons. The van der Waals surface area contributed by atoms with Crippen molar-refractivity contribution in [3.8, 4) is 10.6 Å². The first-order valence-electron chi connectivity index (χ1n) is 10.4. The predicted octanol–water partition coefficient (Wildman–Crippen LogP) is 4.13. The van der Waals surface area contributed by atoms with Gasteiger partial charge in [0.1, 0.15) is 21.2 Å². The van der Waals surface area contributed by atoms with Gasteiger partial charge in [-0.05, 0) is 35.9 Å². The second-order valence-corrected chi connectivity index (χ2v) is 8.89. The number of nitrogens with zero attached hydrogens (tertiary/aromatic N) is 2. The van der Waals surface area contributed by atoms with E-state index in [1.807, 2.05) is 30.3 Å². The van der Waals surface area contributed by atoms with Gasteiger partial charge >= 0.3 is 5.97 Å². The van der Waals surface area contributed by atoms with E-state index in [2.05, 4.69) is 34.6 Å². The van der Waals surface area contributed by atoms with Gasteiger partial charge in [0.25, 0.3) is 0 Å². The molecule has 1 aliphatic rings. The van der Waals surface area contributed by atoms with Crippen molar-refractivity contribution in [1.29, 1.82) is 0 Å². The van der Waals surface area contributed by atoms with E-state index in [1.54, 1.807) is 0 Å². The normalized spacial score (nSPS) is 14.6. The van der Waals surface area contributed by atoms with Crippen molar-refractivity contribution in [1.82, 2.24) is 9.97 Å². The topological polar surface area (TPSA) is 112 Å². The van der Waals surface area contributed by atoms with Crippen LogP contribution in [-0.2, 0) is 15.0 Å². The highest BCUT2D eigenvalue weighted by atomic mass is 32.1. The fraction of sp³-hybridized carbons (Fsp3) is 0.120. The highest BCUT2D eigenvalue weighted by molar-refractivity contribution is 7.21. The molecule has 7 nitrogen and oxygen atoms in total. The molecule has 0 saturated carbocycles. The summed E-state index contributed by atoms with van der Waals surface area (Å²) in [6.07, 6.45) is 1.74. The maximum absolute atomic E-state index is 14.8. The highest BCUT2D eigenvalue weighted by Crippen LogP contribution is 2.45. The Labute approximate surface area is 197 Å². The fourth-order valence-electron chi connectivity index (χ4n) is 3.71. The van der Waals surface area contributed by atoms with Gasteiger partial charge in [0, 0.05) is 11.3 Å². The number of hydrogen-bond donors (Lipinski definition) is 3. The zero-order chi connectivity index (χ0) is 23.9. The number of carboxylic acid groups (broad SMARTS) is 1. The average molecular weight is 476 g/mol. The van der Waals surface area contributed by atoms with Gasteiger partial charge in [-0.3, -0.25) is 4.79 Å². The molecule has 34 heavy (non-hydrogen) atoms. The second kappa shape index (κ2) is 8.44. The van der Waals surface area contributed by atoms with E-state index in [0.29, 0.717) is 15.4 Å². The van der Waals surface area contributed by atoms with E-state index in [4.69, 9.17) is 10.1 Å². The minimum atomic E-state index is -1.82. The number of halogens is 1. The number of aromatic nitrogens is 2. The third-order valence-electron chi connectivity index (χ3n) is 5.58. The third-order valence-corrected chi connectivity index (χ3v) is 6.58. The molecule has 0 aliphatic heterocycles. The van der Waals surface area contributed by atoms with Gasteiger partial charge in [0.2, 0.25) is 5.91 Å². The van der Waals surface area contributed by atoms with Gasteiger partial charge in [0.05, 0.1) is 17.5 Å². The Morgan fingerprint density at radius 2 is 1.82 bits per heavy atom. The number of amides is 1. The van der Waals surface area contributed by atoms with Gasteiger partial charge in [-0.1, -0.05) is 53.8 Å². The fourth-order valence-corrected chi connectivity index (χ4v) is 4.68. The molecule has 0 spiro atoms. The van der Waals surface area contributed by atoms with Crippen molar-refractivity contribution in [3.05, 3.63) is 89.9 Å².